The summed E-state index contributed by atoms with van der Waals surface area (Å²) in [4.78, 5) is 14.1. The van der Waals surface area contributed by atoms with Gasteiger partial charge in [-0.25, -0.2) is 0 Å². The van der Waals surface area contributed by atoms with Crippen molar-refractivity contribution in [1.29, 1.82) is 0 Å². The molecule has 1 unspecified atom stereocenters. The summed E-state index contributed by atoms with van der Waals surface area (Å²) in [6.07, 6.45) is 11.1. The molecule has 1 amide bonds. The zero-order valence-corrected chi connectivity index (χ0v) is 12.9. The Bertz CT molecular complexity index is 243. The Morgan fingerprint density at radius 1 is 1.11 bits per heavy atom. The van der Waals surface area contributed by atoms with Crippen LogP contribution in [0.4, 0.5) is 0 Å². The molecule has 0 aromatic heterocycles. The highest BCUT2D eigenvalue weighted by molar-refractivity contribution is 5.76. The van der Waals surface area contributed by atoms with E-state index >= 15 is 0 Å². The number of nitrogens with one attached hydrogen (secondary N) is 1. The van der Waals surface area contributed by atoms with Gasteiger partial charge in [-0.05, 0) is 13.3 Å². The van der Waals surface area contributed by atoms with Crippen LogP contribution in [0.25, 0.3) is 0 Å². The zero-order chi connectivity index (χ0) is 13.9. The van der Waals surface area contributed by atoms with Gasteiger partial charge >= 0.3 is 0 Å². The van der Waals surface area contributed by atoms with Gasteiger partial charge < -0.3 is 10.2 Å². The number of hydrogen-bond acceptors (Lipinski definition) is 2. The Labute approximate surface area is 119 Å². The number of hydrogen-bond donors (Lipinski definition) is 1. The molecular formula is C16H32N2O. The Morgan fingerprint density at radius 2 is 1.74 bits per heavy atom. The van der Waals surface area contributed by atoms with Gasteiger partial charge in [-0.1, -0.05) is 51.9 Å². The van der Waals surface area contributed by atoms with E-state index in [0.29, 0.717) is 11.9 Å². The van der Waals surface area contributed by atoms with Crippen LogP contribution >= 0.6 is 0 Å². The van der Waals surface area contributed by atoms with E-state index in [0.717, 1.165) is 32.5 Å². The highest BCUT2D eigenvalue weighted by Gasteiger charge is 2.21. The monoisotopic (exact) mass is 268 g/mol. The molecule has 0 spiro atoms. The number of unbranched alkanes of at least 4 members (excludes halogenated alkanes) is 7. The molecule has 19 heavy (non-hydrogen) atoms. The van der Waals surface area contributed by atoms with Gasteiger partial charge in [-0.3, -0.25) is 4.79 Å². The molecule has 3 nitrogen and oxygen atoms in total. The maximum Gasteiger partial charge on any atom is 0.222 e. The predicted molar refractivity (Wildman–Crippen MR) is 81.3 cm³/mol. The average molecular weight is 268 g/mol. The molecule has 112 valence electrons. The zero-order valence-electron chi connectivity index (χ0n) is 12.9. The van der Waals surface area contributed by atoms with E-state index in [4.69, 9.17) is 0 Å². The molecule has 1 saturated heterocycles. The van der Waals surface area contributed by atoms with Crippen molar-refractivity contribution in [2.45, 2.75) is 77.7 Å². The summed E-state index contributed by atoms with van der Waals surface area (Å²) < 4.78 is 0. The van der Waals surface area contributed by atoms with E-state index < -0.39 is 0 Å². The SMILES string of the molecule is CCCCCCCCCCC(=O)N1CCNCC1C. The molecule has 1 fully saturated rings. The van der Waals surface area contributed by atoms with Crippen molar-refractivity contribution >= 4 is 5.91 Å². The minimum absolute atomic E-state index is 0.361. The third kappa shape index (κ3) is 6.95. The van der Waals surface area contributed by atoms with Crippen LogP contribution in [0.2, 0.25) is 0 Å². The third-order valence-electron chi connectivity index (χ3n) is 4.07. The van der Waals surface area contributed by atoms with Crippen LogP contribution in [-0.2, 0) is 4.79 Å². The number of rotatable bonds is 9. The summed E-state index contributed by atoms with van der Waals surface area (Å²) >= 11 is 0. The van der Waals surface area contributed by atoms with E-state index in [1.807, 2.05) is 0 Å². The lowest BCUT2D eigenvalue weighted by Crippen LogP contribution is -2.52. The van der Waals surface area contributed by atoms with Crippen molar-refractivity contribution in [3.8, 4) is 0 Å². The number of carbonyl (C=O) groups excluding carboxylic acids is 1. The fourth-order valence-electron chi connectivity index (χ4n) is 2.77. The van der Waals surface area contributed by atoms with Crippen LogP contribution in [0.3, 0.4) is 0 Å². The number of amides is 1. The van der Waals surface area contributed by atoms with E-state index in [1.165, 1.54) is 44.9 Å². The topological polar surface area (TPSA) is 32.3 Å². The fourth-order valence-corrected chi connectivity index (χ4v) is 2.77. The van der Waals surface area contributed by atoms with E-state index in [9.17, 15) is 4.79 Å². The molecule has 0 aromatic rings. The standard InChI is InChI=1S/C16H32N2O/c1-3-4-5-6-7-8-9-10-11-16(19)18-13-12-17-14-15(18)2/h15,17H,3-14H2,1-2H3. The van der Waals surface area contributed by atoms with Crippen LogP contribution < -0.4 is 5.32 Å². The minimum Gasteiger partial charge on any atom is -0.337 e. The maximum absolute atomic E-state index is 12.1. The molecule has 0 radical (unpaired) electrons. The molecule has 1 heterocycles. The third-order valence-corrected chi connectivity index (χ3v) is 4.07. The Balaban J connectivity index is 1.98. The number of piperazine rings is 1. The van der Waals surface area contributed by atoms with Crippen molar-refractivity contribution in [1.82, 2.24) is 10.2 Å². The highest BCUT2D eigenvalue weighted by atomic mass is 16.2. The second-order valence-electron chi connectivity index (χ2n) is 5.87. The van der Waals surface area contributed by atoms with E-state index in [2.05, 4.69) is 24.1 Å². The molecule has 0 saturated carbocycles. The molecule has 0 aromatic carbocycles. The molecule has 1 N–H and O–H groups in total. The van der Waals surface area contributed by atoms with Gasteiger partial charge in [-0.15, -0.1) is 0 Å². The van der Waals surface area contributed by atoms with Crippen molar-refractivity contribution in [2.75, 3.05) is 19.6 Å². The first-order valence-electron chi connectivity index (χ1n) is 8.26. The largest absolute Gasteiger partial charge is 0.337 e. The van der Waals surface area contributed by atoms with E-state index in [-0.39, 0.29) is 0 Å². The van der Waals surface area contributed by atoms with E-state index in [1.54, 1.807) is 0 Å². The van der Waals surface area contributed by atoms with Crippen molar-refractivity contribution in [3.05, 3.63) is 0 Å². The van der Waals surface area contributed by atoms with Crippen LogP contribution in [-0.4, -0.2) is 36.5 Å². The lowest BCUT2D eigenvalue weighted by Gasteiger charge is -2.34. The van der Waals surface area contributed by atoms with Gasteiger partial charge in [0.2, 0.25) is 5.91 Å². The summed E-state index contributed by atoms with van der Waals surface area (Å²) in [6, 6.07) is 0.371. The molecule has 1 atom stereocenters. The van der Waals surface area contributed by atoms with Crippen LogP contribution in [0, 0.1) is 0 Å². The predicted octanol–water partition coefficient (Wildman–Crippen LogP) is 3.34. The number of nitrogens with zero attached hydrogens (tertiary/aromatic N) is 1. The fraction of sp³-hybridized carbons (Fsp3) is 0.938. The molecule has 0 bridgehead atoms. The lowest BCUT2D eigenvalue weighted by molar-refractivity contribution is -0.134. The number of carbonyl (C=O) groups is 1. The molecular weight excluding hydrogens is 236 g/mol. The summed E-state index contributed by atoms with van der Waals surface area (Å²) in [6.45, 7) is 7.17. The quantitative estimate of drug-likeness (QED) is 0.651. The van der Waals surface area contributed by atoms with Crippen LogP contribution in [0.1, 0.15) is 71.6 Å². The summed E-state index contributed by atoms with van der Waals surface area (Å²) in [7, 11) is 0. The summed E-state index contributed by atoms with van der Waals surface area (Å²) in [5, 5.41) is 3.33. The maximum atomic E-state index is 12.1. The van der Waals surface area contributed by atoms with Gasteiger partial charge in [-0.2, -0.15) is 0 Å². The summed E-state index contributed by atoms with van der Waals surface area (Å²) in [5.74, 6) is 0.361. The molecule has 3 heteroatoms. The Kier molecular flexibility index (Phi) is 8.89. The average Bonchev–Trinajstić information content (AvgIpc) is 2.42. The first kappa shape index (κ1) is 16.5. The smallest absolute Gasteiger partial charge is 0.222 e. The lowest BCUT2D eigenvalue weighted by atomic mass is 10.1. The van der Waals surface area contributed by atoms with Crippen molar-refractivity contribution < 1.29 is 4.79 Å². The normalized spacial score (nSPS) is 19.7. The van der Waals surface area contributed by atoms with Crippen LogP contribution in [0.15, 0.2) is 0 Å². The van der Waals surface area contributed by atoms with Crippen molar-refractivity contribution in [2.24, 2.45) is 0 Å². The Morgan fingerprint density at radius 3 is 2.37 bits per heavy atom. The molecule has 1 aliphatic heterocycles. The van der Waals surface area contributed by atoms with Gasteiger partial charge in [0.1, 0.15) is 0 Å². The van der Waals surface area contributed by atoms with Gasteiger partial charge in [0.15, 0.2) is 0 Å². The first-order chi connectivity index (χ1) is 9.25. The molecule has 0 aliphatic carbocycles. The van der Waals surface area contributed by atoms with Gasteiger partial charge in [0, 0.05) is 32.1 Å². The van der Waals surface area contributed by atoms with Crippen molar-refractivity contribution in [3.63, 3.8) is 0 Å². The first-order valence-corrected chi connectivity index (χ1v) is 8.26. The minimum atomic E-state index is 0.361. The van der Waals surface area contributed by atoms with Crippen LogP contribution in [0.5, 0.6) is 0 Å². The summed E-state index contributed by atoms with van der Waals surface area (Å²) in [5.41, 5.74) is 0. The highest BCUT2D eigenvalue weighted by Crippen LogP contribution is 2.12. The Hall–Kier alpha value is -0.570. The molecule has 1 aliphatic rings. The van der Waals surface area contributed by atoms with Gasteiger partial charge in [0.25, 0.3) is 0 Å². The molecule has 1 rings (SSSR count). The second-order valence-corrected chi connectivity index (χ2v) is 5.87. The van der Waals surface area contributed by atoms with Gasteiger partial charge in [0.05, 0.1) is 0 Å². The second kappa shape index (κ2) is 10.2.